The highest BCUT2D eigenvalue weighted by Gasteiger charge is 2.15. The van der Waals surface area contributed by atoms with Gasteiger partial charge >= 0.3 is 5.97 Å². The molecule has 0 bridgehead atoms. The zero-order valence-corrected chi connectivity index (χ0v) is 17.0. The molecule has 12 heteroatoms. The highest BCUT2D eigenvalue weighted by Crippen LogP contribution is 2.25. The lowest BCUT2D eigenvalue weighted by atomic mass is 10.3. The molecule has 2 aromatic heterocycles. The summed E-state index contributed by atoms with van der Waals surface area (Å²) in [6.07, 6.45) is 0.541. The molecule has 0 radical (unpaired) electrons. The molecule has 154 valence electrons. The van der Waals surface area contributed by atoms with Crippen LogP contribution in [0.1, 0.15) is 13.3 Å². The number of halogens is 2. The normalized spacial score (nSPS) is 10.7. The van der Waals surface area contributed by atoms with E-state index in [1.807, 2.05) is 0 Å². The van der Waals surface area contributed by atoms with Gasteiger partial charge in [-0.25, -0.2) is 9.18 Å². The van der Waals surface area contributed by atoms with E-state index >= 15 is 0 Å². The summed E-state index contributed by atoms with van der Waals surface area (Å²) in [4.78, 5) is 12.5. The van der Waals surface area contributed by atoms with E-state index in [0.717, 1.165) is 4.80 Å². The van der Waals surface area contributed by atoms with E-state index in [2.05, 4.69) is 36.5 Å². The van der Waals surface area contributed by atoms with Gasteiger partial charge in [0, 0.05) is 12.5 Å². The van der Waals surface area contributed by atoms with Gasteiger partial charge in [0.1, 0.15) is 11.6 Å². The Kier molecular flexibility index (Phi) is 7.11. The van der Waals surface area contributed by atoms with Crippen LogP contribution >= 0.6 is 15.9 Å². The second kappa shape index (κ2) is 9.96. The first kappa shape index (κ1) is 20.7. The molecule has 3 aromatic rings. The van der Waals surface area contributed by atoms with Crippen molar-refractivity contribution in [1.29, 1.82) is 0 Å². The molecular formula is C17H17BrFN5O5. The summed E-state index contributed by atoms with van der Waals surface area (Å²) in [7, 11) is 0. The predicted octanol–water partition coefficient (Wildman–Crippen LogP) is 2.64. The number of carbonyl (C=O) groups is 1. The number of tetrazole rings is 1. The summed E-state index contributed by atoms with van der Waals surface area (Å²) in [5, 5.41) is 15.3. The SMILES string of the molecule is CCOC(=O)Cn1nnc(-c2cc(OCCCOc3cc(F)ccc3Br)no2)n1. The van der Waals surface area contributed by atoms with Gasteiger partial charge in [0.05, 0.1) is 30.4 Å². The Balaban J connectivity index is 1.44. The fraction of sp³-hybridized carbons (Fsp3) is 0.353. The van der Waals surface area contributed by atoms with Gasteiger partial charge in [-0.05, 0) is 45.4 Å². The number of ether oxygens (including phenoxy) is 3. The first-order valence-corrected chi connectivity index (χ1v) is 9.45. The quantitative estimate of drug-likeness (QED) is 0.326. The maximum atomic E-state index is 13.2. The lowest BCUT2D eigenvalue weighted by molar-refractivity contribution is -0.144. The van der Waals surface area contributed by atoms with E-state index in [0.29, 0.717) is 29.9 Å². The molecule has 10 nitrogen and oxygen atoms in total. The average Bonchev–Trinajstić information content (AvgIpc) is 3.34. The molecule has 0 amide bonds. The van der Waals surface area contributed by atoms with Gasteiger partial charge in [-0.15, -0.1) is 10.2 Å². The smallest absolute Gasteiger partial charge is 0.329 e. The molecule has 0 saturated carbocycles. The Morgan fingerprint density at radius 2 is 2.10 bits per heavy atom. The largest absolute Gasteiger partial charge is 0.492 e. The van der Waals surface area contributed by atoms with Crippen LogP contribution in [0.3, 0.4) is 0 Å². The van der Waals surface area contributed by atoms with Crippen molar-refractivity contribution in [2.45, 2.75) is 19.9 Å². The zero-order chi connectivity index (χ0) is 20.6. The van der Waals surface area contributed by atoms with E-state index in [1.165, 1.54) is 18.2 Å². The minimum atomic E-state index is -0.467. The van der Waals surface area contributed by atoms with Crippen LogP contribution in [0.2, 0.25) is 0 Å². The van der Waals surface area contributed by atoms with Crippen molar-refractivity contribution in [3.05, 3.63) is 34.6 Å². The second-order valence-corrected chi connectivity index (χ2v) is 6.46. The molecule has 0 unspecified atom stereocenters. The number of esters is 1. The Morgan fingerprint density at radius 3 is 2.93 bits per heavy atom. The van der Waals surface area contributed by atoms with Gasteiger partial charge in [-0.3, -0.25) is 0 Å². The molecule has 0 aliphatic rings. The molecule has 1 aromatic carbocycles. The van der Waals surface area contributed by atoms with Crippen LogP contribution < -0.4 is 9.47 Å². The van der Waals surface area contributed by atoms with Crippen LogP contribution in [0.15, 0.2) is 33.3 Å². The number of carbonyl (C=O) groups excluding carboxylic acids is 1. The third-order valence-electron chi connectivity index (χ3n) is 3.43. The van der Waals surface area contributed by atoms with Crippen LogP contribution in [-0.2, 0) is 16.1 Å². The number of benzene rings is 1. The number of rotatable bonds is 10. The minimum Gasteiger partial charge on any atom is -0.492 e. The summed E-state index contributed by atoms with van der Waals surface area (Å²) in [5.41, 5.74) is 0. The standard InChI is InChI=1S/C17H17BrFN5O5/c1-2-26-16(25)10-24-21-17(20-23-24)14-9-15(22-29-14)28-7-3-6-27-13-8-11(19)4-5-12(13)18/h4-5,8-9H,2-3,6-7,10H2,1H3. The zero-order valence-electron chi connectivity index (χ0n) is 15.4. The van der Waals surface area contributed by atoms with Gasteiger partial charge in [0.15, 0.2) is 6.54 Å². The van der Waals surface area contributed by atoms with Crippen molar-refractivity contribution >= 4 is 21.9 Å². The van der Waals surface area contributed by atoms with Gasteiger partial charge in [0.2, 0.25) is 11.6 Å². The van der Waals surface area contributed by atoms with Gasteiger partial charge < -0.3 is 18.7 Å². The molecule has 0 spiro atoms. The summed E-state index contributed by atoms with van der Waals surface area (Å²) < 4.78 is 34.8. The highest BCUT2D eigenvalue weighted by atomic mass is 79.9. The first-order valence-electron chi connectivity index (χ1n) is 8.66. The Labute approximate surface area is 173 Å². The minimum absolute atomic E-state index is 0.153. The van der Waals surface area contributed by atoms with Crippen molar-refractivity contribution in [3.63, 3.8) is 0 Å². The fourth-order valence-corrected chi connectivity index (χ4v) is 2.53. The predicted molar refractivity (Wildman–Crippen MR) is 99.7 cm³/mol. The van der Waals surface area contributed by atoms with Crippen LogP contribution in [-0.4, -0.2) is 51.2 Å². The van der Waals surface area contributed by atoms with Crippen molar-refractivity contribution in [1.82, 2.24) is 25.4 Å². The molecule has 0 atom stereocenters. The topological polar surface area (TPSA) is 114 Å². The maximum Gasteiger partial charge on any atom is 0.329 e. The second-order valence-electron chi connectivity index (χ2n) is 5.60. The molecule has 29 heavy (non-hydrogen) atoms. The number of hydrogen-bond donors (Lipinski definition) is 0. The summed E-state index contributed by atoms with van der Waals surface area (Å²) in [6.45, 7) is 2.46. The van der Waals surface area contributed by atoms with Crippen molar-refractivity contribution in [2.75, 3.05) is 19.8 Å². The summed E-state index contributed by atoms with van der Waals surface area (Å²) >= 11 is 3.29. The molecule has 3 rings (SSSR count). The monoisotopic (exact) mass is 469 g/mol. The van der Waals surface area contributed by atoms with Gasteiger partial charge in [0.25, 0.3) is 5.88 Å². The number of hydrogen-bond acceptors (Lipinski definition) is 9. The lowest BCUT2D eigenvalue weighted by Crippen LogP contribution is -2.15. The van der Waals surface area contributed by atoms with Crippen LogP contribution in [0.25, 0.3) is 11.6 Å². The van der Waals surface area contributed by atoms with E-state index in [4.69, 9.17) is 18.7 Å². The van der Waals surface area contributed by atoms with Crippen molar-refractivity contribution in [2.24, 2.45) is 0 Å². The maximum absolute atomic E-state index is 13.2. The first-order chi connectivity index (χ1) is 14.0. The van der Waals surface area contributed by atoms with E-state index in [-0.39, 0.29) is 36.4 Å². The molecule has 2 heterocycles. The molecular weight excluding hydrogens is 453 g/mol. The Morgan fingerprint density at radius 1 is 1.28 bits per heavy atom. The molecule has 0 saturated heterocycles. The molecule has 0 aliphatic carbocycles. The number of aromatic nitrogens is 5. The van der Waals surface area contributed by atoms with E-state index in [9.17, 15) is 9.18 Å². The van der Waals surface area contributed by atoms with Gasteiger partial charge in [-0.2, -0.15) is 4.80 Å². The van der Waals surface area contributed by atoms with Crippen molar-refractivity contribution in [3.8, 4) is 23.2 Å². The van der Waals surface area contributed by atoms with Crippen LogP contribution in [0, 0.1) is 5.82 Å². The van der Waals surface area contributed by atoms with Crippen LogP contribution in [0.5, 0.6) is 11.6 Å². The lowest BCUT2D eigenvalue weighted by Gasteiger charge is -2.08. The third kappa shape index (κ3) is 5.98. The van der Waals surface area contributed by atoms with E-state index in [1.54, 1.807) is 13.0 Å². The van der Waals surface area contributed by atoms with Crippen molar-refractivity contribution < 1.29 is 27.9 Å². The third-order valence-corrected chi connectivity index (χ3v) is 4.08. The molecule has 0 aliphatic heterocycles. The Bertz CT molecular complexity index is 963. The van der Waals surface area contributed by atoms with Crippen LogP contribution in [0.4, 0.5) is 4.39 Å². The molecule has 0 N–H and O–H groups in total. The Hall–Kier alpha value is -3.02. The summed E-state index contributed by atoms with van der Waals surface area (Å²) in [5.74, 6) is 0.235. The highest BCUT2D eigenvalue weighted by molar-refractivity contribution is 9.10. The average molecular weight is 470 g/mol. The fourth-order valence-electron chi connectivity index (χ4n) is 2.17. The van der Waals surface area contributed by atoms with Gasteiger partial charge in [-0.1, -0.05) is 0 Å². The molecule has 0 fully saturated rings. The number of nitrogens with zero attached hydrogens (tertiary/aromatic N) is 5. The summed E-state index contributed by atoms with van der Waals surface area (Å²) in [6, 6.07) is 5.73. The van der Waals surface area contributed by atoms with E-state index < -0.39 is 5.97 Å².